The average Bonchev–Trinajstić information content (AvgIpc) is 3.21. The van der Waals surface area contributed by atoms with Crippen molar-refractivity contribution in [3.63, 3.8) is 0 Å². The van der Waals surface area contributed by atoms with E-state index in [1.165, 1.54) is 11.1 Å². The Hall–Kier alpha value is -2.67. The highest BCUT2D eigenvalue weighted by Gasteiger charge is 2.40. The van der Waals surface area contributed by atoms with Crippen molar-refractivity contribution in [2.75, 3.05) is 38.1 Å². The summed E-state index contributed by atoms with van der Waals surface area (Å²) < 4.78 is 6.42. The topological polar surface area (TPSA) is 70.6 Å². The monoisotopic (exact) mass is 463 g/mol. The van der Waals surface area contributed by atoms with Crippen LogP contribution < -0.4 is 15.0 Å². The number of nitrogens with one attached hydrogen (secondary N) is 1. The zero-order valence-corrected chi connectivity index (χ0v) is 20.7. The lowest BCUT2D eigenvalue weighted by molar-refractivity contribution is 0.0842. The molecule has 3 aliphatic rings. The van der Waals surface area contributed by atoms with Crippen LogP contribution in [0.3, 0.4) is 0 Å². The molecule has 182 valence electrons. The summed E-state index contributed by atoms with van der Waals surface area (Å²) in [7, 11) is 1.60. The Morgan fingerprint density at radius 1 is 1.06 bits per heavy atom. The summed E-state index contributed by atoms with van der Waals surface area (Å²) in [6.07, 6.45) is 10.4. The second kappa shape index (κ2) is 9.53. The minimum Gasteiger partial charge on any atom is -0.490 e. The van der Waals surface area contributed by atoms with Crippen molar-refractivity contribution in [2.24, 2.45) is 5.41 Å². The minimum atomic E-state index is -0.204. The highest BCUT2D eigenvalue weighted by Crippen LogP contribution is 2.46. The molecule has 1 aromatic heterocycles. The molecule has 7 nitrogen and oxygen atoms in total. The van der Waals surface area contributed by atoms with Crippen LogP contribution in [-0.2, 0) is 12.8 Å². The van der Waals surface area contributed by atoms with Gasteiger partial charge in [-0.1, -0.05) is 6.07 Å². The number of nitrogens with zero attached hydrogens (tertiary/aromatic N) is 4. The van der Waals surface area contributed by atoms with Crippen molar-refractivity contribution in [3.8, 4) is 5.75 Å². The number of rotatable bonds is 5. The number of carbonyl (C=O) groups is 1. The number of aromatic nitrogens is 2. The van der Waals surface area contributed by atoms with Gasteiger partial charge in [-0.2, -0.15) is 0 Å². The molecule has 1 spiro atoms. The third kappa shape index (κ3) is 4.76. The smallest absolute Gasteiger partial charge is 0.271 e. The van der Waals surface area contributed by atoms with Crippen LogP contribution in [0, 0.1) is 5.41 Å². The summed E-state index contributed by atoms with van der Waals surface area (Å²) in [4.78, 5) is 25.3. The van der Waals surface area contributed by atoms with E-state index in [2.05, 4.69) is 57.1 Å². The molecule has 0 saturated carbocycles. The second-order valence-corrected chi connectivity index (χ2v) is 10.6. The molecule has 2 fully saturated rings. The number of hydrogen-bond acceptors (Lipinski definition) is 6. The molecule has 1 amide bonds. The van der Waals surface area contributed by atoms with Gasteiger partial charge in [0.1, 0.15) is 23.4 Å². The fourth-order valence-corrected chi connectivity index (χ4v) is 5.88. The van der Waals surface area contributed by atoms with Crippen molar-refractivity contribution in [3.05, 3.63) is 47.4 Å². The average molecular weight is 464 g/mol. The zero-order valence-electron chi connectivity index (χ0n) is 20.7. The van der Waals surface area contributed by atoms with Crippen LogP contribution in [0.25, 0.3) is 0 Å². The van der Waals surface area contributed by atoms with E-state index < -0.39 is 0 Å². The van der Waals surface area contributed by atoms with Crippen molar-refractivity contribution in [1.29, 1.82) is 0 Å². The summed E-state index contributed by atoms with van der Waals surface area (Å²) in [5, 5.41) is 2.59. The Bertz CT molecular complexity index is 1010. The largest absolute Gasteiger partial charge is 0.490 e. The Kier molecular flexibility index (Phi) is 6.47. The number of carbonyl (C=O) groups excluding carboxylic acids is 1. The van der Waals surface area contributed by atoms with Gasteiger partial charge in [-0.15, -0.1) is 0 Å². The highest BCUT2D eigenvalue weighted by atomic mass is 16.5. The standard InChI is InChI=1S/C27H37N5O2/c1-19(2)31-10-6-22(7-11-31)34-23-5-4-20-15-27(16-21(20)14-23)8-12-32(13-9-27)25-18-29-24(17-30-25)26(33)28-3/h4-5,14,17-19,22H,6-13,15-16H2,1-3H3,(H,28,33). The molecule has 2 aliphatic heterocycles. The van der Waals surface area contributed by atoms with Crippen molar-refractivity contribution >= 4 is 11.7 Å². The van der Waals surface area contributed by atoms with Gasteiger partial charge in [0.25, 0.3) is 5.91 Å². The Morgan fingerprint density at radius 3 is 2.44 bits per heavy atom. The molecular formula is C27H37N5O2. The molecule has 5 rings (SSSR count). The minimum absolute atomic E-state index is 0.204. The molecule has 0 unspecified atom stereocenters. The van der Waals surface area contributed by atoms with Gasteiger partial charge in [0, 0.05) is 39.3 Å². The number of anilines is 1. The normalized spacial score (nSPS) is 20.5. The predicted molar refractivity (Wildman–Crippen MR) is 134 cm³/mol. The van der Waals surface area contributed by atoms with Crippen LogP contribution in [0.5, 0.6) is 5.75 Å². The number of amides is 1. The third-order valence-electron chi connectivity index (χ3n) is 8.06. The molecule has 1 aliphatic carbocycles. The number of hydrogen-bond donors (Lipinski definition) is 1. The quantitative estimate of drug-likeness (QED) is 0.732. The Labute approximate surface area is 202 Å². The molecule has 3 heterocycles. The first-order valence-electron chi connectivity index (χ1n) is 12.8. The molecular weight excluding hydrogens is 426 g/mol. The molecule has 0 radical (unpaired) electrons. The highest BCUT2D eigenvalue weighted by molar-refractivity contribution is 5.91. The zero-order chi connectivity index (χ0) is 23.7. The van der Waals surface area contributed by atoms with Crippen LogP contribution in [0.2, 0.25) is 0 Å². The first-order valence-corrected chi connectivity index (χ1v) is 12.8. The van der Waals surface area contributed by atoms with Crippen LogP contribution >= 0.6 is 0 Å². The fourth-order valence-electron chi connectivity index (χ4n) is 5.88. The predicted octanol–water partition coefficient (Wildman–Crippen LogP) is 3.47. The number of fused-ring (bicyclic) bond motifs is 1. The molecule has 0 atom stereocenters. The first kappa shape index (κ1) is 23.1. The maximum Gasteiger partial charge on any atom is 0.271 e. The van der Waals surface area contributed by atoms with E-state index in [-0.39, 0.29) is 5.91 Å². The van der Waals surface area contributed by atoms with Gasteiger partial charge in [-0.25, -0.2) is 9.97 Å². The second-order valence-electron chi connectivity index (χ2n) is 10.6. The number of ether oxygens (including phenoxy) is 1. The Balaban J connectivity index is 1.17. The van der Waals surface area contributed by atoms with E-state index in [9.17, 15) is 4.79 Å². The van der Waals surface area contributed by atoms with Gasteiger partial charge in [-0.05, 0) is 81.0 Å². The summed E-state index contributed by atoms with van der Waals surface area (Å²) >= 11 is 0. The van der Waals surface area contributed by atoms with Gasteiger partial charge < -0.3 is 19.9 Å². The van der Waals surface area contributed by atoms with E-state index in [1.54, 1.807) is 19.4 Å². The molecule has 34 heavy (non-hydrogen) atoms. The lowest BCUT2D eigenvalue weighted by Gasteiger charge is -2.39. The number of likely N-dealkylation sites (tertiary alicyclic amines) is 1. The third-order valence-corrected chi connectivity index (χ3v) is 8.06. The van der Waals surface area contributed by atoms with E-state index in [4.69, 9.17) is 4.74 Å². The Morgan fingerprint density at radius 2 is 1.79 bits per heavy atom. The van der Waals surface area contributed by atoms with E-state index in [0.29, 0.717) is 23.3 Å². The SMILES string of the molecule is CNC(=O)c1cnc(N2CCC3(CC2)Cc2ccc(OC4CCN(C(C)C)CC4)cc2C3)cn1. The van der Waals surface area contributed by atoms with Crippen molar-refractivity contribution in [2.45, 2.75) is 64.5 Å². The summed E-state index contributed by atoms with van der Waals surface area (Å²) in [6.45, 7) is 8.76. The maximum atomic E-state index is 11.7. The summed E-state index contributed by atoms with van der Waals surface area (Å²) in [5.41, 5.74) is 3.66. The first-order chi connectivity index (χ1) is 16.4. The molecule has 1 aromatic carbocycles. The molecule has 1 N–H and O–H groups in total. The van der Waals surface area contributed by atoms with Crippen LogP contribution in [-0.4, -0.2) is 66.1 Å². The van der Waals surface area contributed by atoms with Crippen LogP contribution in [0.15, 0.2) is 30.6 Å². The summed E-state index contributed by atoms with van der Waals surface area (Å²) in [5.74, 6) is 1.70. The van der Waals surface area contributed by atoms with E-state index in [1.807, 2.05) is 0 Å². The van der Waals surface area contributed by atoms with E-state index >= 15 is 0 Å². The maximum absolute atomic E-state index is 11.7. The van der Waals surface area contributed by atoms with Gasteiger partial charge in [0.2, 0.25) is 0 Å². The van der Waals surface area contributed by atoms with Crippen LogP contribution in [0.1, 0.15) is 61.1 Å². The molecule has 2 saturated heterocycles. The van der Waals surface area contributed by atoms with Crippen LogP contribution in [0.4, 0.5) is 5.82 Å². The summed E-state index contributed by atoms with van der Waals surface area (Å²) in [6, 6.07) is 7.43. The fraction of sp³-hybridized carbons (Fsp3) is 0.593. The van der Waals surface area contributed by atoms with E-state index in [0.717, 1.165) is 76.3 Å². The van der Waals surface area contributed by atoms with Crippen molar-refractivity contribution < 1.29 is 9.53 Å². The van der Waals surface area contributed by atoms with Gasteiger partial charge in [0.15, 0.2) is 0 Å². The molecule has 7 heteroatoms. The lowest BCUT2D eigenvalue weighted by atomic mass is 9.76. The number of piperidine rings is 2. The van der Waals surface area contributed by atoms with Gasteiger partial charge in [-0.3, -0.25) is 4.79 Å². The van der Waals surface area contributed by atoms with Gasteiger partial charge >= 0.3 is 0 Å². The van der Waals surface area contributed by atoms with Crippen molar-refractivity contribution in [1.82, 2.24) is 20.2 Å². The van der Waals surface area contributed by atoms with Gasteiger partial charge in [0.05, 0.1) is 12.4 Å². The number of benzene rings is 1. The molecule has 0 bridgehead atoms. The molecule has 2 aromatic rings. The lowest BCUT2D eigenvalue weighted by Crippen LogP contribution is -2.41.